The average Bonchev–Trinajstić information content (AvgIpc) is 2.16. The second kappa shape index (κ2) is 5.07. The van der Waals surface area contributed by atoms with Crippen molar-refractivity contribution in [3.8, 4) is 5.75 Å². The van der Waals surface area contributed by atoms with E-state index in [1.807, 2.05) is 0 Å². The standard InChI is InChI=1S/C9H7Cl2O/c10-6-8(11)7-12-9-4-2-1-3-5-9/h2-6H,7H2. The topological polar surface area (TPSA) is 9.23 Å². The fraction of sp³-hybridized carbons (Fsp3) is 0.111. The molecule has 0 aromatic heterocycles. The molecule has 1 aromatic rings. The summed E-state index contributed by atoms with van der Waals surface area (Å²) in [6.07, 6.45) is 0. The van der Waals surface area contributed by atoms with E-state index in [9.17, 15) is 0 Å². The SMILES string of the molecule is ClC=C(Cl)COc1cc[c]cc1. The summed E-state index contributed by atoms with van der Waals surface area (Å²) < 4.78 is 5.25. The van der Waals surface area contributed by atoms with Crippen LogP contribution in [0.15, 0.2) is 34.8 Å². The first-order valence-corrected chi connectivity index (χ1v) is 4.18. The van der Waals surface area contributed by atoms with Crippen LogP contribution in [0.1, 0.15) is 0 Å². The Kier molecular flexibility index (Phi) is 3.98. The van der Waals surface area contributed by atoms with Crippen molar-refractivity contribution in [1.29, 1.82) is 0 Å². The van der Waals surface area contributed by atoms with Crippen molar-refractivity contribution in [2.75, 3.05) is 6.61 Å². The Balaban J connectivity index is 2.44. The van der Waals surface area contributed by atoms with Gasteiger partial charge in [0.15, 0.2) is 0 Å². The summed E-state index contributed by atoms with van der Waals surface area (Å²) in [5, 5.41) is 0.476. The van der Waals surface area contributed by atoms with Gasteiger partial charge in [0.25, 0.3) is 0 Å². The summed E-state index contributed by atoms with van der Waals surface area (Å²) in [5.74, 6) is 0.755. The van der Waals surface area contributed by atoms with Crippen molar-refractivity contribution < 1.29 is 4.74 Å². The van der Waals surface area contributed by atoms with Crippen LogP contribution in [0.5, 0.6) is 5.75 Å². The van der Waals surface area contributed by atoms with Gasteiger partial charge in [-0.2, -0.15) is 0 Å². The van der Waals surface area contributed by atoms with E-state index in [1.54, 1.807) is 24.3 Å². The zero-order chi connectivity index (χ0) is 8.81. The molecule has 0 aliphatic heterocycles. The molecule has 0 amide bonds. The van der Waals surface area contributed by atoms with Gasteiger partial charge in [0.1, 0.15) is 12.4 Å². The highest BCUT2D eigenvalue weighted by molar-refractivity contribution is 6.36. The summed E-state index contributed by atoms with van der Waals surface area (Å²) in [6.45, 7) is 0.301. The normalized spacial score (nSPS) is 11.3. The Hall–Kier alpha value is -0.660. The number of hydrogen-bond donors (Lipinski definition) is 0. The molecular formula is C9H7Cl2O. The maximum absolute atomic E-state index is 5.61. The third-order valence-electron chi connectivity index (χ3n) is 1.18. The van der Waals surface area contributed by atoms with Crippen molar-refractivity contribution in [3.63, 3.8) is 0 Å². The Morgan fingerprint density at radius 3 is 2.75 bits per heavy atom. The minimum Gasteiger partial charge on any atom is -0.488 e. The minimum atomic E-state index is 0.301. The molecule has 0 atom stereocenters. The van der Waals surface area contributed by atoms with Crippen molar-refractivity contribution >= 4 is 23.2 Å². The largest absolute Gasteiger partial charge is 0.488 e. The van der Waals surface area contributed by atoms with Crippen LogP contribution in [0.3, 0.4) is 0 Å². The summed E-state index contributed by atoms with van der Waals surface area (Å²) in [7, 11) is 0. The van der Waals surface area contributed by atoms with E-state index >= 15 is 0 Å². The second-order valence-corrected chi connectivity index (χ2v) is 2.78. The zero-order valence-corrected chi connectivity index (χ0v) is 7.77. The van der Waals surface area contributed by atoms with E-state index < -0.39 is 0 Å². The highest BCUT2D eigenvalue weighted by atomic mass is 35.5. The number of hydrogen-bond acceptors (Lipinski definition) is 1. The molecule has 0 saturated heterocycles. The van der Waals surface area contributed by atoms with Gasteiger partial charge in [-0.3, -0.25) is 0 Å². The molecule has 0 bridgehead atoms. The maximum Gasteiger partial charge on any atom is 0.125 e. The lowest BCUT2D eigenvalue weighted by molar-refractivity contribution is 0.359. The summed E-state index contributed by atoms with van der Waals surface area (Å²) in [6, 6.07) is 10.0. The predicted molar refractivity (Wildman–Crippen MR) is 50.6 cm³/mol. The van der Waals surface area contributed by atoms with Crippen molar-refractivity contribution in [2.45, 2.75) is 0 Å². The number of ether oxygens (including phenoxy) is 1. The molecule has 1 radical (unpaired) electrons. The van der Waals surface area contributed by atoms with Gasteiger partial charge in [0.2, 0.25) is 0 Å². The minimum absolute atomic E-state index is 0.301. The first-order valence-electron chi connectivity index (χ1n) is 3.36. The van der Waals surface area contributed by atoms with Crippen molar-refractivity contribution in [1.82, 2.24) is 0 Å². The van der Waals surface area contributed by atoms with E-state index in [4.69, 9.17) is 27.9 Å². The summed E-state index contributed by atoms with van der Waals surface area (Å²) in [4.78, 5) is 0. The molecule has 1 nitrogen and oxygen atoms in total. The molecular weight excluding hydrogens is 195 g/mol. The Bertz CT molecular complexity index is 256. The molecule has 0 heterocycles. The van der Waals surface area contributed by atoms with E-state index in [-0.39, 0.29) is 0 Å². The lowest BCUT2D eigenvalue weighted by Gasteiger charge is -2.02. The van der Waals surface area contributed by atoms with Crippen LogP contribution < -0.4 is 4.74 Å². The van der Waals surface area contributed by atoms with Crippen LogP contribution in [0.4, 0.5) is 0 Å². The van der Waals surface area contributed by atoms with Gasteiger partial charge in [0.05, 0.1) is 5.03 Å². The van der Waals surface area contributed by atoms with Crippen LogP contribution in [-0.4, -0.2) is 6.61 Å². The van der Waals surface area contributed by atoms with Crippen LogP contribution in [0, 0.1) is 6.07 Å². The van der Waals surface area contributed by atoms with Gasteiger partial charge in [-0.15, -0.1) is 0 Å². The molecule has 12 heavy (non-hydrogen) atoms. The summed E-state index contributed by atoms with van der Waals surface area (Å²) >= 11 is 10.9. The molecule has 0 fully saturated rings. The van der Waals surface area contributed by atoms with Crippen LogP contribution in [0.25, 0.3) is 0 Å². The van der Waals surface area contributed by atoms with Gasteiger partial charge in [-0.25, -0.2) is 0 Å². The van der Waals surface area contributed by atoms with Gasteiger partial charge in [-0.1, -0.05) is 35.3 Å². The van der Waals surface area contributed by atoms with E-state index in [0.29, 0.717) is 11.6 Å². The first-order chi connectivity index (χ1) is 5.83. The maximum atomic E-state index is 5.61. The molecule has 0 N–H and O–H groups in total. The number of rotatable bonds is 3. The van der Waals surface area contributed by atoms with Gasteiger partial charge in [0, 0.05) is 5.54 Å². The van der Waals surface area contributed by atoms with E-state index in [2.05, 4.69) is 6.07 Å². The first kappa shape index (κ1) is 9.43. The smallest absolute Gasteiger partial charge is 0.125 e. The number of benzene rings is 1. The third-order valence-corrected chi connectivity index (χ3v) is 1.78. The highest BCUT2D eigenvalue weighted by Crippen LogP contribution is 2.11. The van der Waals surface area contributed by atoms with Crippen molar-refractivity contribution in [2.24, 2.45) is 0 Å². The van der Waals surface area contributed by atoms with Crippen LogP contribution >= 0.6 is 23.2 Å². The van der Waals surface area contributed by atoms with Crippen LogP contribution in [0.2, 0.25) is 0 Å². The molecule has 1 rings (SSSR count). The van der Waals surface area contributed by atoms with Gasteiger partial charge < -0.3 is 4.74 Å². The molecule has 0 aliphatic carbocycles. The second-order valence-electron chi connectivity index (χ2n) is 2.08. The third kappa shape index (κ3) is 3.16. The average molecular weight is 202 g/mol. The number of halogens is 2. The molecule has 63 valence electrons. The molecule has 1 aromatic carbocycles. The Morgan fingerprint density at radius 2 is 2.17 bits per heavy atom. The van der Waals surface area contributed by atoms with E-state index in [0.717, 1.165) is 5.75 Å². The highest BCUT2D eigenvalue weighted by Gasteiger charge is 1.93. The van der Waals surface area contributed by atoms with Gasteiger partial charge >= 0.3 is 0 Å². The monoisotopic (exact) mass is 201 g/mol. The lowest BCUT2D eigenvalue weighted by Crippen LogP contribution is -1.95. The molecule has 0 unspecified atom stereocenters. The van der Waals surface area contributed by atoms with E-state index in [1.165, 1.54) is 5.54 Å². The predicted octanol–water partition coefficient (Wildman–Crippen LogP) is 3.18. The molecule has 0 aliphatic rings. The van der Waals surface area contributed by atoms with Gasteiger partial charge in [-0.05, 0) is 18.2 Å². The Labute approximate surface area is 81.6 Å². The zero-order valence-electron chi connectivity index (χ0n) is 6.26. The summed E-state index contributed by atoms with van der Waals surface area (Å²) in [5.41, 5.74) is 1.29. The fourth-order valence-corrected chi connectivity index (χ4v) is 0.769. The van der Waals surface area contributed by atoms with Crippen LogP contribution in [-0.2, 0) is 0 Å². The van der Waals surface area contributed by atoms with Crippen molar-refractivity contribution in [3.05, 3.63) is 40.9 Å². The molecule has 0 saturated carbocycles. The molecule has 0 spiro atoms. The fourth-order valence-electron chi connectivity index (χ4n) is 0.652. The lowest BCUT2D eigenvalue weighted by atomic mass is 10.3. The quantitative estimate of drug-likeness (QED) is 0.731. The Morgan fingerprint density at radius 1 is 1.50 bits per heavy atom. The molecule has 3 heteroatoms.